The van der Waals surface area contributed by atoms with E-state index in [2.05, 4.69) is 35.0 Å². The van der Waals surface area contributed by atoms with Crippen LogP contribution in [0.2, 0.25) is 0 Å². The van der Waals surface area contributed by atoms with Crippen LogP contribution < -0.4 is 10.7 Å². The molecule has 1 aliphatic heterocycles. The molecule has 0 radical (unpaired) electrons. The molecule has 2 aliphatic carbocycles. The Kier molecular flexibility index (Phi) is 6.15. The van der Waals surface area contributed by atoms with Gasteiger partial charge in [-0.15, -0.1) is 0 Å². The Morgan fingerprint density at radius 2 is 1.69 bits per heavy atom. The maximum absolute atomic E-state index is 12.9. The topological polar surface area (TPSA) is 125 Å². The van der Waals surface area contributed by atoms with Crippen molar-refractivity contribution >= 4 is 23.9 Å². The number of carboxylic acids is 1. The van der Waals surface area contributed by atoms with Crippen molar-refractivity contribution in [1.82, 2.24) is 15.8 Å². The van der Waals surface area contributed by atoms with E-state index in [1.54, 1.807) is 0 Å². The Bertz CT molecular complexity index is 1140. The van der Waals surface area contributed by atoms with Crippen molar-refractivity contribution in [2.45, 2.75) is 50.1 Å². The molecule has 1 saturated carbocycles. The van der Waals surface area contributed by atoms with Gasteiger partial charge < -0.3 is 15.2 Å². The summed E-state index contributed by atoms with van der Waals surface area (Å²) in [6.07, 6.45) is 1.53. The van der Waals surface area contributed by atoms with Crippen molar-refractivity contribution in [1.29, 1.82) is 0 Å². The number of carbonyl (C=O) groups is 4. The molecule has 1 heterocycles. The van der Waals surface area contributed by atoms with Crippen LogP contribution in [-0.4, -0.2) is 52.7 Å². The predicted molar refractivity (Wildman–Crippen MR) is 125 cm³/mol. The Balaban J connectivity index is 1.18. The number of benzene rings is 2. The van der Waals surface area contributed by atoms with E-state index in [0.29, 0.717) is 25.7 Å². The number of ether oxygens (including phenoxy) is 1. The van der Waals surface area contributed by atoms with Crippen molar-refractivity contribution in [3.05, 3.63) is 59.7 Å². The molecule has 3 N–H and O–H groups in total. The molecule has 35 heavy (non-hydrogen) atoms. The molecule has 0 aromatic heterocycles. The summed E-state index contributed by atoms with van der Waals surface area (Å²) in [6, 6.07) is 14.7. The highest BCUT2D eigenvalue weighted by atomic mass is 16.5. The lowest BCUT2D eigenvalue weighted by Gasteiger charge is -2.32. The predicted octanol–water partition coefficient (Wildman–Crippen LogP) is 2.80. The largest absolute Gasteiger partial charge is 0.480 e. The van der Waals surface area contributed by atoms with Crippen LogP contribution in [0.3, 0.4) is 0 Å². The fourth-order valence-corrected chi connectivity index (χ4v) is 5.48. The Hall–Kier alpha value is -3.88. The van der Waals surface area contributed by atoms with Gasteiger partial charge in [0.25, 0.3) is 0 Å². The molecule has 2 fully saturated rings. The van der Waals surface area contributed by atoms with Gasteiger partial charge in [0.05, 0.1) is 6.42 Å². The minimum Gasteiger partial charge on any atom is -0.480 e. The molecule has 2 aromatic carbocycles. The molecular formula is C26H27N3O6. The number of fused-ring (bicyclic) bond motifs is 3. The average Bonchev–Trinajstić information content (AvgIpc) is 3.41. The Morgan fingerprint density at radius 3 is 2.34 bits per heavy atom. The summed E-state index contributed by atoms with van der Waals surface area (Å²) in [5, 5.41) is 13.1. The molecule has 3 aliphatic rings. The molecule has 5 rings (SSSR count). The van der Waals surface area contributed by atoms with Crippen LogP contribution in [0.5, 0.6) is 0 Å². The third-order valence-corrected chi connectivity index (χ3v) is 7.15. The van der Waals surface area contributed by atoms with Gasteiger partial charge in [0.1, 0.15) is 6.61 Å². The summed E-state index contributed by atoms with van der Waals surface area (Å²) in [4.78, 5) is 48.7. The van der Waals surface area contributed by atoms with E-state index in [4.69, 9.17) is 4.74 Å². The number of hydrogen-bond acceptors (Lipinski definition) is 5. The van der Waals surface area contributed by atoms with E-state index >= 15 is 0 Å². The number of nitrogens with zero attached hydrogens (tertiary/aromatic N) is 1. The van der Waals surface area contributed by atoms with Gasteiger partial charge in [-0.2, -0.15) is 0 Å². The molecule has 9 nitrogen and oxygen atoms in total. The first kappa shape index (κ1) is 22.9. The van der Waals surface area contributed by atoms with Crippen molar-refractivity contribution < 1.29 is 29.0 Å². The van der Waals surface area contributed by atoms with Gasteiger partial charge in [-0.25, -0.2) is 14.6 Å². The third-order valence-electron chi connectivity index (χ3n) is 7.15. The highest BCUT2D eigenvalue weighted by Crippen LogP contribution is 2.44. The second kappa shape index (κ2) is 9.40. The highest BCUT2D eigenvalue weighted by molar-refractivity contribution is 5.94. The van der Waals surface area contributed by atoms with E-state index in [1.807, 2.05) is 24.3 Å². The summed E-state index contributed by atoms with van der Waals surface area (Å²) in [5.41, 5.74) is 6.92. The first-order valence-electron chi connectivity index (χ1n) is 11.9. The minimum absolute atomic E-state index is 0.0411. The van der Waals surface area contributed by atoms with E-state index in [9.17, 15) is 24.3 Å². The van der Waals surface area contributed by atoms with Crippen LogP contribution >= 0.6 is 0 Å². The van der Waals surface area contributed by atoms with Gasteiger partial charge in [-0.05, 0) is 41.5 Å². The summed E-state index contributed by atoms with van der Waals surface area (Å²) in [5.74, 6) is -2.67. The van der Waals surface area contributed by atoms with Crippen LogP contribution in [0.15, 0.2) is 48.5 Å². The monoisotopic (exact) mass is 477 g/mol. The lowest BCUT2D eigenvalue weighted by atomic mass is 9.85. The average molecular weight is 478 g/mol. The molecule has 3 amide bonds. The summed E-state index contributed by atoms with van der Waals surface area (Å²) < 4.78 is 5.62. The molecule has 1 saturated heterocycles. The lowest BCUT2D eigenvalue weighted by molar-refractivity contribution is -0.153. The first-order chi connectivity index (χ1) is 16.9. The number of rotatable bonds is 5. The summed E-state index contributed by atoms with van der Waals surface area (Å²) >= 11 is 0. The first-order valence-corrected chi connectivity index (χ1v) is 11.9. The van der Waals surface area contributed by atoms with Crippen molar-refractivity contribution in [3.63, 3.8) is 0 Å². The van der Waals surface area contributed by atoms with E-state index in [1.165, 1.54) is 0 Å². The van der Waals surface area contributed by atoms with Gasteiger partial charge in [0.15, 0.2) is 6.04 Å². The quantitative estimate of drug-likeness (QED) is 0.608. The maximum atomic E-state index is 12.9. The molecule has 3 atom stereocenters. The van der Waals surface area contributed by atoms with E-state index in [0.717, 1.165) is 27.3 Å². The molecule has 182 valence electrons. The van der Waals surface area contributed by atoms with Crippen LogP contribution in [0.4, 0.5) is 4.79 Å². The number of alkyl carbamates (subject to hydrolysis) is 1. The number of hydrogen-bond donors (Lipinski definition) is 3. The summed E-state index contributed by atoms with van der Waals surface area (Å²) in [6.45, 7) is 0.203. The number of hydrazine groups is 1. The zero-order valence-electron chi connectivity index (χ0n) is 19.1. The molecular weight excluding hydrogens is 450 g/mol. The van der Waals surface area contributed by atoms with Crippen LogP contribution in [0, 0.1) is 5.92 Å². The fraction of sp³-hybridized carbons (Fsp3) is 0.385. The van der Waals surface area contributed by atoms with Crippen LogP contribution in [-0.2, 0) is 19.1 Å². The standard InChI is InChI=1S/C26H27N3O6/c30-23-13-22(25(32)33)29(28-23)24(31)15-6-5-7-16(12-15)27-26(34)35-14-21-19-10-3-1-8-17(19)18-9-2-4-11-20(18)21/h1-4,8-11,15-16,21-22H,5-7,12-14H2,(H,27,34)(H,28,30)(H,32,33)/t15-,16+,22?/m1/s1. The smallest absolute Gasteiger partial charge is 0.407 e. The maximum Gasteiger partial charge on any atom is 0.407 e. The minimum atomic E-state index is -1.22. The van der Waals surface area contributed by atoms with Crippen molar-refractivity contribution in [3.8, 4) is 11.1 Å². The second-order valence-corrected chi connectivity index (χ2v) is 9.33. The van der Waals surface area contributed by atoms with Crippen molar-refractivity contribution in [2.75, 3.05) is 6.61 Å². The number of carbonyl (C=O) groups excluding carboxylic acids is 3. The normalized spacial score (nSPS) is 23.3. The molecule has 0 spiro atoms. The van der Waals surface area contributed by atoms with Gasteiger partial charge in [-0.3, -0.25) is 15.0 Å². The molecule has 0 bridgehead atoms. The highest BCUT2D eigenvalue weighted by Gasteiger charge is 2.42. The number of amides is 3. The van der Waals surface area contributed by atoms with Gasteiger partial charge in [0, 0.05) is 17.9 Å². The van der Waals surface area contributed by atoms with Crippen LogP contribution in [0.1, 0.15) is 49.1 Å². The summed E-state index contributed by atoms with van der Waals surface area (Å²) in [7, 11) is 0. The zero-order valence-corrected chi connectivity index (χ0v) is 19.1. The van der Waals surface area contributed by atoms with Crippen LogP contribution in [0.25, 0.3) is 11.1 Å². The number of aliphatic carboxylic acids is 1. The number of carboxylic acid groups (broad SMARTS) is 1. The lowest BCUT2D eigenvalue weighted by Crippen LogP contribution is -2.51. The number of nitrogens with one attached hydrogen (secondary N) is 2. The third kappa shape index (κ3) is 4.45. The van der Waals surface area contributed by atoms with Gasteiger partial charge in [-0.1, -0.05) is 55.0 Å². The molecule has 9 heteroatoms. The van der Waals surface area contributed by atoms with Gasteiger partial charge in [0.2, 0.25) is 11.8 Å². The van der Waals surface area contributed by atoms with E-state index in [-0.39, 0.29) is 25.0 Å². The Labute approximate surface area is 202 Å². The molecule has 1 unspecified atom stereocenters. The Morgan fingerprint density at radius 1 is 1.03 bits per heavy atom. The molecule has 2 aromatic rings. The SMILES string of the molecule is O=C1CC(C(=O)O)N(C(=O)[C@@H]2CCC[C@H](NC(=O)OCC3c4ccccc4-c4ccccc43)C2)N1. The van der Waals surface area contributed by atoms with E-state index < -0.39 is 35.8 Å². The fourth-order valence-electron chi connectivity index (χ4n) is 5.48. The van der Waals surface area contributed by atoms with Gasteiger partial charge >= 0.3 is 12.1 Å². The second-order valence-electron chi connectivity index (χ2n) is 9.33. The zero-order chi connectivity index (χ0) is 24.5. The van der Waals surface area contributed by atoms with Crippen molar-refractivity contribution in [2.24, 2.45) is 5.92 Å².